The fourth-order valence-corrected chi connectivity index (χ4v) is 1.57. The number of carbonyl (C=O) groups is 1. The molecule has 16 heavy (non-hydrogen) atoms. The van der Waals surface area contributed by atoms with Gasteiger partial charge < -0.3 is 5.32 Å². The fraction of sp³-hybridized carbons (Fsp3) is 0. The van der Waals surface area contributed by atoms with Crippen molar-refractivity contribution in [2.75, 3.05) is 5.32 Å². The van der Waals surface area contributed by atoms with E-state index < -0.39 is 0 Å². The first kappa shape index (κ1) is 10.3. The van der Waals surface area contributed by atoms with E-state index in [1.165, 1.54) is 17.5 Å². The Hall–Kier alpha value is -2.26. The summed E-state index contributed by atoms with van der Waals surface area (Å²) in [6, 6.07) is 5.11. The number of pyridine rings is 1. The second-order valence-electron chi connectivity index (χ2n) is 2.87. The maximum absolute atomic E-state index is 11.6. The molecule has 2 heterocycles. The smallest absolute Gasteiger partial charge is 0.276 e. The zero-order valence-electron chi connectivity index (χ0n) is 8.04. The monoisotopic (exact) mass is 230 g/mol. The van der Waals surface area contributed by atoms with E-state index in [-0.39, 0.29) is 5.91 Å². The summed E-state index contributed by atoms with van der Waals surface area (Å²) in [7, 11) is 0. The number of anilines is 1. The van der Waals surface area contributed by atoms with Gasteiger partial charge in [-0.2, -0.15) is 5.26 Å². The molecule has 1 N–H and O–H groups in total. The summed E-state index contributed by atoms with van der Waals surface area (Å²) in [6.45, 7) is 0. The second kappa shape index (κ2) is 4.51. The summed E-state index contributed by atoms with van der Waals surface area (Å²) < 4.78 is 0. The molecule has 0 aliphatic heterocycles. The van der Waals surface area contributed by atoms with Crippen LogP contribution in [0.2, 0.25) is 0 Å². The Morgan fingerprint density at radius 2 is 2.31 bits per heavy atom. The first-order chi connectivity index (χ1) is 7.79. The Morgan fingerprint density at radius 3 is 2.88 bits per heavy atom. The Kier molecular flexibility index (Phi) is 2.89. The van der Waals surface area contributed by atoms with Gasteiger partial charge in [-0.15, -0.1) is 11.3 Å². The van der Waals surface area contributed by atoms with Gasteiger partial charge in [0, 0.05) is 11.6 Å². The third-order valence-electron chi connectivity index (χ3n) is 1.80. The van der Waals surface area contributed by atoms with Crippen molar-refractivity contribution >= 4 is 23.1 Å². The highest BCUT2D eigenvalue weighted by Crippen LogP contribution is 2.07. The molecule has 0 saturated heterocycles. The number of rotatable bonds is 2. The number of nitrogens with zero attached hydrogens (tertiary/aromatic N) is 3. The maximum Gasteiger partial charge on any atom is 0.276 e. The number of aromatic nitrogens is 2. The molecule has 0 aliphatic rings. The molecule has 0 fully saturated rings. The molecule has 0 atom stereocenters. The van der Waals surface area contributed by atoms with Crippen molar-refractivity contribution in [3.05, 3.63) is 40.5 Å². The molecule has 78 valence electrons. The summed E-state index contributed by atoms with van der Waals surface area (Å²) >= 11 is 1.35. The average Bonchev–Trinajstić information content (AvgIpc) is 2.83. The van der Waals surface area contributed by atoms with E-state index in [0.29, 0.717) is 17.1 Å². The highest BCUT2D eigenvalue weighted by Gasteiger charge is 2.08. The van der Waals surface area contributed by atoms with Crippen LogP contribution in [-0.2, 0) is 0 Å². The van der Waals surface area contributed by atoms with Gasteiger partial charge in [-0.05, 0) is 12.1 Å². The van der Waals surface area contributed by atoms with Crippen molar-refractivity contribution in [1.82, 2.24) is 9.97 Å². The van der Waals surface area contributed by atoms with Crippen LogP contribution >= 0.6 is 11.3 Å². The van der Waals surface area contributed by atoms with Gasteiger partial charge in [0.2, 0.25) is 0 Å². The number of nitriles is 1. The van der Waals surface area contributed by atoms with Crippen LogP contribution < -0.4 is 5.32 Å². The SMILES string of the molecule is N#Cc1ccc(NC(=O)c2cscn2)nc1. The molecule has 0 spiro atoms. The molecule has 6 heteroatoms. The van der Waals surface area contributed by atoms with E-state index in [9.17, 15) is 4.79 Å². The van der Waals surface area contributed by atoms with Crippen LogP contribution in [0.15, 0.2) is 29.2 Å². The standard InChI is InChI=1S/C10H6N4OS/c11-3-7-1-2-9(12-4-7)14-10(15)8-5-16-6-13-8/h1-2,4-6H,(H,12,14,15). The normalized spacial score (nSPS) is 9.44. The van der Waals surface area contributed by atoms with Gasteiger partial charge in [-0.1, -0.05) is 0 Å². The highest BCUT2D eigenvalue weighted by atomic mass is 32.1. The Morgan fingerprint density at radius 1 is 1.44 bits per heavy atom. The molecule has 2 rings (SSSR count). The molecular formula is C10H6N4OS. The van der Waals surface area contributed by atoms with Crippen LogP contribution in [0.25, 0.3) is 0 Å². The zero-order valence-corrected chi connectivity index (χ0v) is 8.86. The first-order valence-electron chi connectivity index (χ1n) is 4.35. The summed E-state index contributed by atoms with van der Waals surface area (Å²) in [5.41, 5.74) is 2.39. The van der Waals surface area contributed by atoms with Gasteiger partial charge in [-0.25, -0.2) is 9.97 Å². The van der Waals surface area contributed by atoms with Crippen molar-refractivity contribution in [3.8, 4) is 6.07 Å². The molecule has 0 aromatic carbocycles. The minimum atomic E-state index is -0.307. The quantitative estimate of drug-likeness (QED) is 0.850. The van der Waals surface area contributed by atoms with Crippen LogP contribution in [-0.4, -0.2) is 15.9 Å². The third-order valence-corrected chi connectivity index (χ3v) is 2.39. The molecular weight excluding hydrogens is 224 g/mol. The molecule has 1 amide bonds. The number of hydrogen-bond acceptors (Lipinski definition) is 5. The molecule has 0 unspecified atom stereocenters. The highest BCUT2D eigenvalue weighted by molar-refractivity contribution is 7.07. The van der Waals surface area contributed by atoms with Gasteiger partial charge in [0.25, 0.3) is 5.91 Å². The van der Waals surface area contributed by atoms with Crippen molar-refractivity contribution < 1.29 is 4.79 Å². The van der Waals surface area contributed by atoms with Crippen LogP contribution in [0.4, 0.5) is 5.82 Å². The van der Waals surface area contributed by atoms with Crippen molar-refractivity contribution in [1.29, 1.82) is 5.26 Å². The molecule has 5 nitrogen and oxygen atoms in total. The van der Waals surface area contributed by atoms with E-state index >= 15 is 0 Å². The first-order valence-corrected chi connectivity index (χ1v) is 5.29. The number of carbonyl (C=O) groups excluding carboxylic acids is 1. The number of hydrogen-bond donors (Lipinski definition) is 1. The maximum atomic E-state index is 11.6. The van der Waals surface area contributed by atoms with Crippen LogP contribution in [0.5, 0.6) is 0 Å². The predicted octanol–water partition coefficient (Wildman–Crippen LogP) is 1.66. The van der Waals surface area contributed by atoms with Crippen molar-refractivity contribution in [3.63, 3.8) is 0 Å². The minimum Gasteiger partial charge on any atom is -0.305 e. The lowest BCUT2D eigenvalue weighted by molar-refractivity contribution is 0.102. The Balaban J connectivity index is 2.10. The lowest BCUT2D eigenvalue weighted by Crippen LogP contribution is -2.13. The van der Waals surface area contributed by atoms with Gasteiger partial charge in [-0.3, -0.25) is 4.79 Å². The van der Waals surface area contributed by atoms with E-state index in [0.717, 1.165) is 0 Å². The molecule has 0 saturated carbocycles. The summed E-state index contributed by atoms with van der Waals surface area (Å²) in [5, 5.41) is 12.8. The molecule has 2 aromatic rings. The Bertz CT molecular complexity index is 527. The van der Waals surface area contributed by atoms with Crippen LogP contribution in [0, 0.1) is 11.3 Å². The van der Waals surface area contributed by atoms with Gasteiger partial charge in [0.1, 0.15) is 17.6 Å². The minimum absolute atomic E-state index is 0.307. The van der Waals surface area contributed by atoms with E-state index in [1.807, 2.05) is 6.07 Å². The van der Waals surface area contributed by atoms with E-state index in [4.69, 9.17) is 5.26 Å². The fourth-order valence-electron chi connectivity index (χ4n) is 1.04. The third kappa shape index (κ3) is 2.21. The lowest BCUT2D eigenvalue weighted by Gasteiger charge is -2.01. The van der Waals surface area contributed by atoms with E-state index in [2.05, 4.69) is 15.3 Å². The van der Waals surface area contributed by atoms with Gasteiger partial charge in [0.15, 0.2) is 0 Å². The Labute approximate surface area is 95.4 Å². The molecule has 0 bridgehead atoms. The van der Waals surface area contributed by atoms with Crippen LogP contribution in [0.3, 0.4) is 0 Å². The molecule has 0 aliphatic carbocycles. The average molecular weight is 230 g/mol. The zero-order chi connectivity index (χ0) is 11.4. The molecule has 0 radical (unpaired) electrons. The summed E-state index contributed by atoms with van der Waals surface area (Å²) in [4.78, 5) is 19.4. The van der Waals surface area contributed by atoms with E-state index in [1.54, 1.807) is 23.0 Å². The lowest BCUT2D eigenvalue weighted by atomic mass is 10.3. The van der Waals surface area contributed by atoms with Crippen molar-refractivity contribution in [2.24, 2.45) is 0 Å². The predicted molar refractivity (Wildman–Crippen MR) is 59.0 cm³/mol. The number of amides is 1. The summed E-state index contributed by atoms with van der Waals surface area (Å²) in [6.07, 6.45) is 1.40. The topological polar surface area (TPSA) is 78.7 Å². The number of nitrogens with one attached hydrogen (secondary N) is 1. The largest absolute Gasteiger partial charge is 0.305 e. The summed E-state index contributed by atoms with van der Waals surface area (Å²) in [5.74, 6) is 0.0930. The second-order valence-corrected chi connectivity index (χ2v) is 3.59. The molecule has 2 aromatic heterocycles. The number of thiazole rings is 1. The van der Waals surface area contributed by atoms with Gasteiger partial charge in [0.05, 0.1) is 11.1 Å². The van der Waals surface area contributed by atoms with Gasteiger partial charge >= 0.3 is 0 Å². The van der Waals surface area contributed by atoms with Crippen LogP contribution in [0.1, 0.15) is 16.1 Å². The van der Waals surface area contributed by atoms with Crippen molar-refractivity contribution in [2.45, 2.75) is 0 Å².